The standard InChI is InChI=1S/C13H22N4OS/c1-2-15-13-16-11(14)10(19-13)12(18)17-8-6-4-3-5-7-9-17/h2-9,14H2,1H3,(H,15,16). The summed E-state index contributed by atoms with van der Waals surface area (Å²) in [4.78, 5) is 19.2. The van der Waals surface area contributed by atoms with E-state index in [1.807, 2.05) is 11.8 Å². The number of aromatic nitrogens is 1. The lowest BCUT2D eigenvalue weighted by Crippen LogP contribution is -2.33. The summed E-state index contributed by atoms with van der Waals surface area (Å²) in [6.07, 6.45) is 5.89. The van der Waals surface area contributed by atoms with Crippen molar-refractivity contribution in [3.8, 4) is 0 Å². The lowest BCUT2D eigenvalue weighted by atomic mass is 10.1. The summed E-state index contributed by atoms with van der Waals surface area (Å²) in [6.45, 7) is 4.46. The summed E-state index contributed by atoms with van der Waals surface area (Å²) in [5.41, 5.74) is 5.86. The molecule has 3 N–H and O–H groups in total. The number of likely N-dealkylation sites (tertiary alicyclic amines) is 1. The molecular weight excluding hydrogens is 260 g/mol. The van der Waals surface area contributed by atoms with Crippen molar-refractivity contribution in [1.82, 2.24) is 9.88 Å². The van der Waals surface area contributed by atoms with Gasteiger partial charge in [0.1, 0.15) is 10.7 Å². The summed E-state index contributed by atoms with van der Waals surface area (Å²) < 4.78 is 0. The van der Waals surface area contributed by atoms with Crippen LogP contribution >= 0.6 is 11.3 Å². The Kier molecular flexibility index (Phi) is 5.01. The maximum atomic E-state index is 12.5. The van der Waals surface area contributed by atoms with Crippen LogP contribution in [-0.2, 0) is 0 Å². The number of nitrogens with two attached hydrogens (primary N) is 1. The number of amides is 1. The first-order chi connectivity index (χ1) is 9.22. The smallest absolute Gasteiger partial charge is 0.267 e. The summed E-state index contributed by atoms with van der Waals surface area (Å²) in [5.74, 6) is 0.397. The molecule has 0 saturated carbocycles. The largest absolute Gasteiger partial charge is 0.382 e. The fourth-order valence-electron chi connectivity index (χ4n) is 2.31. The number of rotatable bonds is 3. The van der Waals surface area contributed by atoms with E-state index in [0.29, 0.717) is 10.7 Å². The van der Waals surface area contributed by atoms with Crippen molar-refractivity contribution in [2.24, 2.45) is 0 Å². The first-order valence-electron chi connectivity index (χ1n) is 7.01. The quantitative estimate of drug-likeness (QED) is 0.894. The van der Waals surface area contributed by atoms with E-state index >= 15 is 0 Å². The molecule has 106 valence electrons. The van der Waals surface area contributed by atoms with Gasteiger partial charge in [-0.2, -0.15) is 0 Å². The first kappa shape index (κ1) is 14.1. The zero-order chi connectivity index (χ0) is 13.7. The molecule has 2 heterocycles. The third-order valence-corrected chi connectivity index (χ3v) is 4.34. The zero-order valence-corrected chi connectivity index (χ0v) is 12.3. The predicted octanol–water partition coefficient (Wildman–Crippen LogP) is 2.56. The van der Waals surface area contributed by atoms with Crippen LogP contribution in [0.3, 0.4) is 0 Å². The minimum Gasteiger partial charge on any atom is -0.382 e. The average molecular weight is 282 g/mol. The van der Waals surface area contributed by atoms with E-state index in [-0.39, 0.29) is 5.91 Å². The molecule has 0 radical (unpaired) electrons. The molecule has 5 nitrogen and oxygen atoms in total. The second-order valence-electron chi connectivity index (χ2n) is 4.82. The van der Waals surface area contributed by atoms with Crippen molar-refractivity contribution >= 4 is 28.2 Å². The third kappa shape index (κ3) is 3.59. The van der Waals surface area contributed by atoms with Gasteiger partial charge in [-0.25, -0.2) is 4.98 Å². The Labute approximate surface area is 118 Å². The molecule has 0 unspecified atom stereocenters. The van der Waals surface area contributed by atoms with Crippen molar-refractivity contribution in [3.05, 3.63) is 4.88 Å². The number of anilines is 2. The third-order valence-electron chi connectivity index (χ3n) is 3.32. The molecule has 1 aromatic heterocycles. The van der Waals surface area contributed by atoms with E-state index in [0.717, 1.165) is 37.6 Å². The highest BCUT2D eigenvalue weighted by molar-refractivity contribution is 7.18. The van der Waals surface area contributed by atoms with Gasteiger partial charge in [0.25, 0.3) is 5.91 Å². The highest BCUT2D eigenvalue weighted by atomic mass is 32.1. The van der Waals surface area contributed by atoms with Gasteiger partial charge in [-0.3, -0.25) is 4.79 Å². The van der Waals surface area contributed by atoms with Gasteiger partial charge in [-0.1, -0.05) is 30.6 Å². The van der Waals surface area contributed by atoms with Gasteiger partial charge in [-0.05, 0) is 19.8 Å². The Morgan fingerprint density at radius 1 is 1.32 bits per heavy atom. The van der Waals surface area contributed by atoms with Crippen LogP contribution in [0.4, 0.5) is 10.9 Å². The van der Waals surface area contributed by atoms with Crippen molar-refractivity contribution < 1.29 is 4.79 Å². The van der Waals surface area contributed by atoms with Gasteiger partial charge in [0, 0.05) is 19.6 Å². The lowest BCUT2D eigenvalue weighted by molar-refractivity contribution is 0.0748. The second kappa shape index (κ2) is 6.75. The van der Waals surface area contributed by atoms with E-state index in [2.05, 4.69) is 10.3 Å². The van der Waals surface area contributed by atoms with E-state index in [4.69, 9.17) is 5.73 Å². The van der Waals surface area contributed by atoms with Crippen molar-refractivity contribution in [1.29, 1.82) is 0 Å². The van der Waals surface area contributed by atoms with Crippen molar-refractivity contribution in [3.63, 3.8) is 0 Å². The minimum absolute atomic E-state index is 0.0426. The summed E-state index contributed by atoms with van der Waals surface area (Å²) in [7, 11) is 0. The van der Waals surface area contributed by atoms with Crippen LogP contribution in [0.2, 0.25) is 0 Å². The van der Waals surface area contributed by atoms with E-state index in [1.165, 1.54) is 30.6 Å². The zero-order valence-electron chi connectivity index (χ0n) is 11.4. The number of hydrogen-bond acceptors (Lipinski definition) is 5. The van der Waals surface area contributed by atoms with Gasteiger partial charge < -0.3 is 16.0 Å². The molecule has 1 saturated heterocycles. The molecule has 2 rings (SSSR count). The predicted molar refractivity (Wildman–Crippen MR) is 79.7 cm³/mol. The fraction of sp³-hybridized carbons (Fsp3) is 0.692. The molecule has 0 aliphatic carbocycles. The number of hydrogen-bond donors (Lipinski definition) is 2. The fourth-order valence-corrected chi connectivity index (χ4v) is 3.23. The van der Waals surface area contributed by atoms with E-state index in [1.54, 1.807) is 0 Å². The van der Waals surface area contributed by atoms with E-state index < -0.39 is 0 Å². The van der Waals surface area contributed by atoms with Crippen LogP contribution in [0.15, 0.2) is 0 Å². The molecule has 1 fully saturated rings. The summed E-state index contributed by atoms with van der Waals surface area (Å²) in [5, 5.41) is 3.84. The molecule has 1 amide bonds. The number of nitrogens with one attached hydrogen (secondary N) is 1. The number of thiazole rings is 1. The van der Waals surface area contributed by atoms with Crippen LogP contribution in [0.1, 0.15) is 48.7 Å². The number of carbonyl (C=O) groups excluding carboxylic acids is 1. The number of nitrogens with zero attached hydrogens (tertiary/aromatic N) is 2. The molecule has 19 heavy (non-hydrogen) atoms. The lowest BCUT2D eigenvalue weighted by Gasteiger charge is -2.24. The average Bonchev–Trinajstić information content (AvgIpc) is 2.69. The first-order valence-corrected chi connectivity index (χ1v) is 7.83. The van der Waals surface area contributed by atoms with E-state index in [9.17, 15) is 4.79 Å². The van der Waals surface area contributed by atoms with Gasteiger partial charge in [0.15, 0.2) is 5.13 Å². The topological polar surface area (TPSA) is 71.2 Å². The Hall–Kier alpha value is -1.30. The van der Waals surface area contributed by atoms with Gasteiger partial charge in [-0.15, -0.1) is 0 Å². The number of carbonyl (C=O) groups is 1. The van der Waals surface area contributed by atoms with Crippen LogP contribution in [0.5, 0.6) is 0 Å². The molecule has 0 spiro atoms. The molecule has 1 aliphatic heterocycles. The van der Waals surface area contributed by atoms with Crippen molar-refractivity contribution in [2.45, 2.75) is 39.0 Å². The van der Waals surface area contributed by atoms with Crippen LogP contribution in [0.25, 0.3) is 0 Å². The normalized spacial score (nSPS) is 16.8. The van der Waals surface area contributed by atoms with Crippen LogP contribution in [-0.4, -0.2) is 35.4 Å². The van der Waals surface area contributed by atoms with Crippen molar-refractivity contribution in [2.75, 3.05) is 30.7 Å². The summed E-state index contributed by atoms with van der Waals surface area (Å²) >= 11 is 1.36. The highest BCUT2D eigenvalue weighted by Gasteiger charge is 2.22. The van der Waals surface area contributed by atoms with Gasteiger partial charge in [0.05, 0.1) is 0 Å². The maximum absolute atomic E-state index is 12.5. The Bertz CT molecular complexity index is 424. The maximum Gasteiger partial charge on any atom is 0.267 e. The van der Waals surface area contributed by atoms with Gasteiger partial charge >= 0.3 is 0 Å². The summed E-state index contributed by atoms with van der Waals surface area (Å²) in [6, 6.07) is 0. The highest BCUT2D eigenvalue weighted by Crippen LogP contribution is 2.27. The molecule has 1 aliphatic rings. The molecule has 6 heteroatoms. The Morgan fingerprint density at radius 2 is 1.95 bits per heavy atom. The van der Waals surface area contributed by atoms with Crippen LogP contribution in [0, 0.1) is 0 Å². The number of nitrogen functional groups attached to an aromatic ring is 1. The minimum atomic E-state index is 0.0426. The van der Waals surface area contributed by atoms with Gasteiger partial charge in [0.2, 0.25) is 0 Å². The monoisotopic (exact) mass is 282 g/mol. The Morgan fingerprint density at radius 3 is 2.58 bits per heavy atom. The van der Waals surface area contributed by atoms with Crippen LogP contribution < -0.4 is 11.1 Å². The molecule has 0 bridgehead atoms. The Balaban J connectivity index is 2.08. The molecule has 0 aromatic carbocycles. The molecule has 0 atom stereocenters. The molecular formula is C13H22N4OS. The second-order valence-corrected chi connectivity index (χ2v) is 5.82. The SMILES string of the molecule is CCNc1nc(N)c(C(=O)N2CCCCCCC2)s1. The molecule has 1 aromatic rings.